The summed E-state index contributed by atoms with van der Waals surface area (Å²) in [7, 11) is 1.94. The maximum absolute atomic E-state index is 11.0. The van der Waals surface area contributed by atoms with Gasteiger partial charge in [0.1, 0.15) is 5.88 Å². The lowest BCUT2D eigenvalue weighted by molar-refractivity contribution is -0.118. The molecule has 0 radical (unpaired) electrons. The number of alkyl halides is 1. The topological polar surface area (TPSA) is 53.2 Å². The minimum Gasteiger partial charge on any atom is -0.384 e. The lowest BCUT2D eigenvalue weighted by Gasteiger charge is -2.11. The van der Waals surface area contributed by atoms with Crippen LogP contribution in [0.3, 0.4) is 0 Å². The largest absolute Gasteiger partial charge is 0.384 e. The van der Waals surface area contributed by atoms with E-state index in [-0.39, 0.29) is 11.8 Å². The van der Waals surface area contributed by atoms with E-state index >= 15 is 0 Å². The van der Waals surface area contributed by atoms with E-state index in [2.05, 4.69) is 41.1 Å². The monoisotopic (exact) mass is 283 g/mol. The third-order valence-corrected chi connectivity index (χ3v) is 3.08. The predicted molar refractivity (Wildman–Crippen MR) is 81.0 cm³/mol. The van der Waals surface area contributed by atoms with Crippen molar-refractivity contribution in [2.75, 3.05) is 37.9 Å². The molecule has 0 saturated heterocycles. The van der Waals surface area contributed by atoms with Crippen LogP contribution in [0.1, 0.15) is 11.1 Å². The molecule has 5 heteroatoms. The predicted octanol–water partition coefficient (Wildman–Crippen LogP) is 1.52. The molecule has 0 aliphatic rings. The molecule has 4 nitrogen and oxygen atoms in total. The van der Waals surface area contributed by atoms with Gasteiger partial charge in [0.25, 0.3) is 0 Å². The van der Waals surface area contributed by atoms with E-state index < -0.39 is 0 Å². The molecule has 0 aromatic heterocycles. The Balaban J connectivity index is 2.44. The van der Waals surface area contributed by atoms with Crippen LogP contribution in [0.25, 0.3) is 0 Å². The van der Waals surface area contributed by atoms with Crippen molar-refractivity contribution in [1.82, 2.24) is 10.6 Å². The van der Waals surface area contributed by atoms with Crippen LogP contribution in [0, 0.1) is 6.92 Å². The summed E-state index contributed by atoms with van der Waals surface area (Å²) >= 11 is 5.41. The van der Waals surface area contributed by atoms with Gasteiger partial charge in [-0.1, -0.05) is 12.1 Å². The highest BCUT2D eigenvalue weighted by molar-refractivity contribution is 6.27. The molecule has 106 valence electrons. The van der Waals surface area contributed by atoms with Crippen LogP contribution in [0.5, 0.6) is 0 Å². The standard InChI is InChI=1S/C14H22ClN3O/c1-11-9-12(5-6-18-14(19)10-15)3-4-13(11)17-8-7-16-2/h3-4,9,16-17H,5-8,10H2,1-2H3,(H,18,19). The number of rotatable bonds is 8. The van der Waals surface area contributed by atoms with E-state index in [9.17, 15) is 4.79 Å². The Labute approximate surface area is 119 Å². The van der Waals surface area contributed by atoms with Crippen LogP contribution in [0.4, 0.5) is 5.69 Å². The SMILES string of the molecule is CNCCNc1ccc(CCNC(=O)CCl)cc1C. The molecule has 0 fully saturated rings. The number of halogens is 1. The van der Waals surface area contributed by atoms with Crippen molar-refractivity contribution in [3.05, 3.63) is 29.3 Å². The van der Waals surface area contributed by atoms with Crippen LogP contribution < -0.4 is 16.0 Å². The van der Waals surface area contributed by atoms with Gasteiger partial charge in [-0.3, -0.25) is 4.79 Å². The van der Waals surface area contributed by atoms with Crippen LogP contribution in [-0.4, -0.2) is 38.5 Å². The molecule has 0 heterocycles. The second-order valence-electron chi connectivity index (χ2n) is 4.41. The molecule has 0 atom stereocenters. The summed E-state index contributed by atoms with van der Waals surface area (Å²) in [5.74, 6) is -0.100. The second kappa shape index (κ2) is 8.77. The lowest BCUT2D eigenvalue weighted by atomic mass is 10.1. The summed E-state index contributed by atoms with van der Waals surface area (Å²) in [5.41, 5.74) is 3.59. The highest BCUT2D eigenvalue weighted by atomic mass is 35.5. The number of amides is 1. The number of benzene rings is 1. The van der Waals surface area contributed by atoms with Gasteiger partial charge >= 0.3 is 0 Å². The molecule has 0 unspecified atom stereocenters. The molecule has 1 aromatic rings. The van der Waals surface area contributed by atoms with E-state index in [0.717, 1.165) is 25.2 Å². The number of anilines is 1. The van der Waals surface area contributed by atoms with Crippen molar-refractivity contribution in [2.45, 2.75) is 13.3 Å². The van der Waals surface area contributed by atoms with Gasteiger partial charge in [-0.15, -0.1) is 11.6 Å². The van der Waals surface area contributed by atoms with Crippen LogP contribution >= 0.6 is 11.6 Å². The van der Waals surface area contributed by atoms with Gasteiger partial charge in [0.15, 0.2) is 0 Å². The normalized spacial score (nSPS) is 10.3. The molecule has 0 saturated carbocycles. The van der Waals surface area contributed by atoms with E-state index in [1.165, 1.54) is 11.1 Å². The van der Waals surface area contributed by atoms with Gasteiger partial charge in [-0.2, -0.15) is 0 Å². The van der Waals surface area contributed by atoms with E-state index in [0.29, 0.717) is 6.54 Å². The molecule has 1 aromatic carbocycles. The quantitative estimate of drug-likeness (QED) is 0.501. The zero-order chi connectivity index (χ0) is 14.1. The smallest absolute Gasteiger partial charge is 0.234 e. The average molecular weight is 284 g/mol. The minimum atomic E-state index is -0.122. The van der Waals surface area contributed by atoms with Crippen LogP contribution in [-0.2, 0) is 11.2 Å². The Hall–Kier alpha value is -1.26. The molecule has 19 heavy (non-hydrogen) atoms. The summed E-state index contributed by atoms with van der Waals surface area (Å²) in [6.45, 7) is 4.55. The molecule has 0 spiro atoms. The molecule has 3 N–H and O–H groups in total. The summed E-state index contributed by atoms with van der Waals surface area (Å²) in [6, 6.07) is 6.32. The first-order valence-corrected chi connectivity index (χ1v) is 7.01. The first kappa shape index (κ1) is 15.8. The van der Waals surface area contributed by atoms with Crippen molar-refractivity contribution in [3.8, 4) is 0 Å². The zero-order valence-corrected chi connectivity index (χ0v) is 12.3. The Bertz CT molecular complexity index is 410. The van der Waals surface area contributed by atoms with Gasteiger partial charge in [0.05, 0.1) is 0 Å². The summed E-state index contributed by atoms with van der Waals surface area (Å²) in [6.07, 6.45) is 0.820. The Morgan fingerprint density at radius 3 is 2.68 bits per heavy atom. The number of carbonyl (C=O) groups excluding carboxylic acids is 1. The third-order valence-electron chi connectivity index (χ3n) is 2.84. The summed E-state index contributed by atoms with van der Waals surface area (Å²) in [4.78, 5) is 11.0. The van der Waals surface area contributed by atoms with Crippen molar-refractivity contribution >= 4 is 23.2 Å². The Kier molecular flexibility index (Phi) is 7.30. The van der Waals surface area contributed by atoms with Gasteiger partial charge in [0, 0.05) is 25.3 Å². The van der Waals surface area contributed by atoms with Crippen molar-refractivity contribution in [2.24, 2.45) is 0 Å². The minimum absolute atomic E-state index is 0.0212. The highest BCUT2D eigenvalue weighted by Crippen LogP contribution is 2.16. The van der Waals surface area contributed by atoms with Crippen LogP contribution in [0.15, 0.2) is 18.2 Å². The van der Waals surface area contributed by atoms with E-state index in [1.807, 2.05) is 7.05 Å². The summed E-state index contributed by atoms with van der Waals surface area (Å²) in [5, 5.41) is 9.24. The second-order valence-corrected chi connectivity index (χ2v) is 4.68. The maximum atomic E-state index is 11.0. The molecular weight excluding hydrogens is 262 g/mol. The first-order valence-electron chi connectivity index (χ1n) is 6.48. The van der Waals surface area contributed by atoms with Crippen molar-refractivity contribution < 1.29 is 4.79 Å². The first-order chi connectivity index (χ1) is 9.17. The molecular formula is C14H22ClN3O. The zero-order valence-electron chi connectivity index (χ0n) is 11.6. The lowest BCUT2D eigenvalue weighted by Crippen LogP contribution is -2.26. The Morgan fingerprint density at radius 2 is 2.05 bits per heavy atom. The Morgan fingerprint density at radius 1 is 1.26 bits per heavy atom. The highest BCUT2D eigenvalue weighted by Gasteiger charge is 2.01. The molecule has 1 rings (SSSR count). The molecule has 0 bridgehead atoms. The number of carbonyl (C=O) groups is 1. The fourth-order valence-corrected chi connectivity index (χ4v) is 1.89. The molecule has 0 aliphatic carbocycles. The van der Waals surface area contributed by atoms with Gasteiger partial charge in [-0.25, -0.2) is 0 Å². The fourth-order valence-electron chi connectivity index (χ4n) is 1.80. The number of hydrogen-bond acceptors (Lipinski definition) is 3. The van der Waals surface area contributed by atoms with Crippen LogP contribution in [0.2, 0.25) is 0 Å². The fraction of sp³-hybridized carbons (Fsp3) is 0.500. The summed E-state index contributed by atoms with van der Waals surface area (Å²) < 4.78 is 0. The third kappa shape index (κ3) is 5.94. The van der Waals surface area contributed by atoms with Crippen molar-refractivity contribution in [3.63, 3.8) is 0 Å². The van der Waals surface area contributed by atoms with E-state index in [1.54, 1.807) is 0 Å². The average Bonchev–Trinajstić information content (AvgIpc) is 2.41. The van der Waals surface area contributed by atoms with Crippen molar-refractivity contribution in [1.29, 1.82) is 0 Å². The number of hydrogen-bond donors (Lipinski definition) is 3. The van der Waals surface area contributed by atoms with Gasteiger partial charge in [0.2, 0.25) is 5.91 Å². The molecule has 0 aliphatic heterocycles. The number of likely N-dealkylation sites (N-methyl/N-ethyl adjacent to an activating group) is 1. The number of nitrogens with one attached hydrogen (secondary N) is 3. The van der Waals surface area contributed by atoms with Gasteiger partial charge < -0.3 is 16.0 Å². The number of aryl methyl sites for hydroxylation is 1. The van der Waals surface area contributed by atoms with E-state index in [4.69, 9.17) is 11.6 Å². The van der Waals surface area contributed by atoms with Gasteiger partial charge in [-0.05, 0) is 37.6 Å². The maximum Gasteiger partial charge on any atom is 0.234 e. The molecule has 1 amide bonds.